The Balaban J connectivity index is 2.40. The van der Waals surface area contributed by atoms with E-state index in [1.165, 1.54) is 6.08 Å². The second-order valence-electron chi connectivity index (χ2n) is 3.16. The minimum Gasteiger partial charge on any atom is -0.478 e. The van der Waals surface area contributed by atoms with Crippen molar-refractivity contribution >= 4 is 39.1 Å². The van der Waals surface area contributed by atoms with Crippen LogP contribution in [0.4, 0.5) is 0 Å². The van der Waals surface area contributed by atoms with Gasteiger partial charge in [0, 0.05) is 17.5 Å². The van der Waals surface area contributed by atoms with Crippen molar-refractivity contribution in [3.63, 3.8) is 0 Å². The van der Waals surface area contributed by atoms with Gasteiger partial charge in [-0.25, -0.2) is 9.78 Å². The lowest BCUT2D eigenvalue weighted by atomic mass is 10.2. The highest BCUT2D eigenvalue weighted by atomic mass is 79.9. The van der Waals surface area contributed by atoms with Gasteiger partial charge in [0.15, 0.2) is 5.58 Å². The molecule has 1 heterocycles. The Kier molecular flexibility index (Phi) is 3.05. The molecular weight excluding hydrogens is 274 g/mol. The highest BCUT2D eigenvalue weighted by molar-refractivity contribution is 9.08. The first kappa shape index (κ1) is 10.9. The van der Waals surface area contributed by atoms with E-state index in [-0.39, 0.29) is 0 Å². The Morgan fingerprint density at radius 2 is 2.38 bits per heavy atom. The van der Waals surface area contributed by atoms with Crippen LogP contribution in [-0.2, 0) is 10.1 Å². The summed E-state index contributed by atoms with van der Waals surface area (Å²) in [5.74, 6) is -0.729. The van der Waals surface area contributed by atoms with Gasteiger partial charge in [-0.15, -0.1) is 0 Å². The highest BCUT2D eigenvalue weighted by Crippen LogP contribution is 2.19. The largest absolute Gasteiger partial charge is 0.478 e. The lowest BCUT2D eigenvalue weighted by Crippen LogP contribution is -1.85. The number of aromatic nitrogens is 1. The zero-order valence-electron chi connectivity index (χ0n) is 8.18. The van der Waals surface area contributed by atoms with Gasteiger partial charge in [0.05, 0.1) is 0 Å². The van der Waals surface area contributed by atoms with Gasteiger partial charge in [-0.05, 0) is 17.7 Å². The molecule has 0 saturated heterocycles. The Morgan fingerprint density at radius 1 is 1.56 bits per heavy atom. The number of aliphatic carboxylic acids is 1. The van der Waals surface area contributed by atoms with Crippen LogP contribution < -0.4 is 0 Å². The van der Waals surface area contributed by atoms with Gasteiger partial charge in [-0.3, -0.25) is 0 Å². The summed E-state index contributed by atoms with van der Waals surface area (Å²) < 4.78 is 5.34. The third-order valence-corrected chi connectivity index (χ3v) is 2.64. The quantitative estimate of drug-likeness (QED) is 0.694. The summed E-state index contributed by atoms with van der Waals surface area (Å²) in [6.45, 7) is 0. The number of carboxylic acids is 1. The summed E-state index contributed by atoms with van der Waals surface area (Å²) in [4.78, 5) is 14.5. The van der Waals surface area contributed by atoms with Gasteiger partial charge in [-0.1, -0.05) is 22.0 Å². The molecule has 2 rings (SSSR count). The number of hydrogen-bond acceptors (Lipinski definition) is 3. The number of carboxylic acid groups (broad SMARTS) is 1. The summed E-state index contributed by atoms with van der Waals surface area (Å²) in [6, 6.07) is 5.63. The zero-order chi connectivity index (χ0) is 11.5. The molecule has 0 atom stereocenters. The van der Waals surface area contributed by atoms with E-state index in [1.807, 2.05) is 18.2 Å². The predicted molar refractivity (Wildman–Crippen MR) is 63.3 cm³/mol. The van der Waals surface area contributed by atoms with E-state index < -0.39 is 5.97 Å². The van der Waals surface area contributed by atoms with Crippen molar-refractivity contribution in [2.75, 3.05) is 0 Å². The second kappa shape index (κ2) is 4.49. The molecule has 4 nitrogen and oxygen atoms in total. The standard InChI is InChI=1S/C11H8BrNO3/c12-6-7-1-2-9-8(5-7)13-10(16-9)3-4-11(14)15/h1-5H,6H2,(H,14,15)/b4-3+. The molecule has 82 valence electrons. The van der Waals surface area contributed by atoms with E-state index in [9.17, 15) is 4.79 Å². The molecule has 0 saturated carbocycles. The number of alkyl halides is 1. The van der Waals surface area contributed by atoms with Crippen LogP contribution in [0.5, 0.6) is 0 Å². The molecule has 1 aromatic heterocycles. The van der Waals surface area contributed by atoms with Crippen LogP contribution in [0.25, 0.3) is 17.2 Å². The zero-order valence-corrected chi connectivity index (χ0v) is 9.77. The molecule has 5 heteroatoms. The molecule has 0 aliphatic carbocycles. The predicted octanol–water partition coefficient (Wildman–Crippen LogP) is 2.82. The molecule has 16 heavy (non-hydrogen) atoms. The van der Waals surface area contributed by atoms with Gasteiger partial charge in [0.2, 0.25) is 5.89 Å². The van der Waals surface area contributed by atoms with Crippen molar-refractivity contribution in [3.8, 4) is 0 Å². The Bertz CT molecular complexity index is 559. The van der Waals surface area contributed by atoms with Crippen molar-refractivity contribution in [2.24, 2.45) is 0 Å². The third-order valence-electron chi connectivity index (χ3n) is 1.99. The minimum atomic E-state index is -1.02. The Hall–Kier alpha value is -1.62. The molecule has 2 aromatic rings. The smallest absolute Gasteiger partial charge is 0.328 e. The summed E-state index contributed by atoms with van der Waals surface area (Å²) in [6.07, 6.45) is 2.33. The SMILES string of the molecule is O=C(O)/C=C/c1nc2cc(CBr)ccc2o1. The van der Waals surface area contributed by atoms with Crippen LogP contribution >= 0.6 is 15.9 Å². The van der Waals surface area contributed by atoms with Gasteiger partial charge < -0.3 is 9.52 Å². The molecule has 0 fully saturated rings. The molecule has 0 spiro atoms. The van der Waals surface area contributed by atoms with E-state index >= 15 is 0 Å². The number of fused-ring (bicyclic) bond motifs is 1. The molecule has 0 aliphatic rings. The van der Waals surface area contributed by atoms with Gasteiger partial charge in [0.1, 0.15) is 5.52 Å². The van der Waals surface area contributed by atoms with Gasteiger partial charge >= 0.3 is 5.97 Å². The molecule has 0 amide bonds. The van der Waals surface area contributed by atoms with Gasteiger partial charge in [0.25, 0.3) is 0 Å². The number of oxazole rings is 1. The highest BCUT2D eigenvalue weighted by Gasteiger charge is 2.04. The van der Waals surface area contributed by atoms with Crippen molar-refractivity contribution in [3.05, 3.63) is 35.7 Å². The molecule has 0 bridgehead atoms. The van der Waals surface area contributed by atoms with Crippen LogP contribution in [0, 0.1) is 0 Å². The topological polar surface area (TPSA) is 63.3 Å². The monoisotopic (exact) mass is 281 g/mol. The molecule has 1 N–H and O–H groups in total. The fourth-order valence-corrected chi connectivity index (χ4v) is 1.64. The first-order chi connectivity index (χ1) is 7.69. The third kappa shape index (κ3) is 2.30. The molecular formula is C11H8BrNO3. The summed E-state index contributed by atoms with van der Waals surface area (Å²) in [5, 5.41) is 9.22. The van der Waals surface area contributed by atoms with Crippen LogP contribution in [-0.4, -0.2) is 16.1 Å². The van der Waals surface area contributed by atoms with E-state index in [0.29, 0.717) is 11.5 Å². The van der Waals surface area contributed by atoms with Gasteiger partial charge in [-0.2, -0.15) is 0 Å². The Morgan fingerprint density at radius 3 is 3.06 bits per heavy atom. The summed E-state index contributed by atoms with van der Waals surface area (Å²) in [5.41, 5.74) is 2.46. The maximum atomic E-state index is 10.3. The van der Waals surface area contributed by atoms with E-state index in [1.54, 1.807) is 0 Å². The van der Waals surface area contributed by atoms with Crippen LogP contribution in [0.3, 0.4) is 0 Å². The number of rotatable bonds is 3. The average molecular weight is 282 g/mol. The molecule has 0 aliphatic heterocycles. The van der Waals surface area contributed by atoms with Crippen molar-refractivity contribution < 1.29 is 14.3 Å². The van der Waals surface area contributed by atoms with Crippen molar-refractivity contribution in [1.82, 2.24) is 4.98 Å². The fourth-order valence-electron chi connectivity index (χ4n) is 1.29. The Labute approximate surface area is 99.7 Å². The summed E-state index contributed by atoms with van der Waals surface area (Å²) >= 11 is 3.35. The molecule has 0 unspecified atom stereocenters. The number of hydrogen-bond donors (Lipinski definition) is 1. The first-order valence-electron chi connectivity index (χ1n) is 4.55. The van der Waals surface area contributed by atoms with Crippen LogP contribution in [0.15, 0.2) is 28.7 Å². The normalized spacial score (nSPS) is 11.3. The summed E-state index contributed by atoms with van der Waals surface area (Å²) in [7, 11) is 0. The van der Waals surface area contributed by atoms with E-state index in [0.717, 1.165) is 22.5 Å². The van der Waals surface area contributed by atoms with E-state index in [2.05, 4.69) is 20.9 Å². The number of nitrogens with zero attached hydrogens (tertiary/aromatic N) is 1. The number of halogens is 1. The molecule has 1 aromatic carbocycles. The van der Waals surface area contributed by atoms with Crippen LogP contribution in [0.1, 0.15) is 11.5 Å². The van der Waals surface area contributed by atoms with E-state index in [4.69, 9.17) is 9.52 Å². The number of benzene rings is 1. The minimum absolute atomic E-state index is 0.295. The maximum Gasteiger partial charge on any atom is 0.328 e. The number of carbonyl (C=O) groups is 1. The van der Waals surface area contributed by atoms with Crippen molar-refractivity contribution in [2.45, 2.75) is 5.33 Å². The molecule has 0 radical (unpaired) electrons. The average Bonchev–Trinajstić information content (AvgIpc) is 2.67. The first-order valence-corrected chi connectivity index (χ1v) is 5.67. The maximum absolute atomic E-state index is 10.3. The fraction of sp³-hybridized carbons (Fsp3) is 0.0909. The second-order valence-corrected chi connectivity index (χ2v) is 3.72. The van der Waals surface area contributed by atoms with Crippen molar-refractivity contribution in [1.29, 1.82) is 0 Å². The lowest BCUT2D eigenvalue weighted by Gasteiger charge is -1.91. The van der Waals surface area contributed by atoms with Crippen LogP contribution in [0.2, 0.25) is 0 Å². The lowest BCUT2D eigenvalue weighted by molar-refractivity contribution is -0.131.